The summed E-state index contributed by atoms with van der Waals surface area (Å²) in [5.74, 6) is 0.707. The van der Waals surface area contributed by atoms with Crippen molar-refractivity contribution < 1.29 is 19.7 Å². The second-order valence-corrected chi connectivity index (χ2v) is 4.04. The van der Waals surface area contributed by atoms with E-state index in [0.717, 1.165) is 0 Å². The molecule has 2 aliphatic rings. The Morgan fingerprint density at radius 2 is 2.15 bits per heavy atom. The van der Waals surface area contributed by atoms with Gasteiger partial charge in [-0.2, -0.15) is 5.48 Å². The Kier molecular flexibility index (Phi) is 2.84. The lowest BCUT2D eigenvalue weighted by molar-refractivity contribution is -0.435. The Bertz CT molecular complexity index is 650. The number of benzene rings is 1. The van der Waals surface area contributed by atoms with Crippen molar-refractivity contribution in [2.45, 2.75) is 6.10 Å². The Morgan fingerprint density at radius 1 is 1.40 bits per heavy atom. The number of para-hydroxylation sites is 1. The molecule has 0 saturated heterocycles. The topological polar surface area (TPSA) is 106 Å². The smallest absolute Gasteiger partial charge is 0.307 e. The normalized spacial score (nSPS) is 20.4. The van der Waals surface area contributed by atoms with Crippen LogP contribution in [0.5, 0.6) is 5.75 Å². The highest BCUT2D eigenvalue weighted by molar-refractivity contribution is 6.12. The zero-order chi connectivity index (χ0) is 14.1. The van der Waals surface area contributed by atoms with Crippen molar-refractivity contribution in [2.75, 3.05) is 0 Å². The molecule has 0 amide bonds. The first-order valence-electron chi connectivity index (χ1n) is 5.69. The Hall–Kier alpha value is -2.87. The lowest BCUT2D eigenvalue weighted by Crippen LogP contribution is -2.31. The third kappa shape index (κ3) is 1.97. The number of hydrogen-bond acceptors (Lipinski definition) is 7. The van der Waals surface area contributed by atoms with Crippen LogP contribution in [0.4, 0.5) is 0 Å². The molecule has 1 aliphatic heterocycles. The zero-order valence-electron chi connectivity index (χ0n) is 10.0. The Balaban J connectivity index is 1.95. The number of aliphatic hydroxyl groups excluding tert-OH is 1. The van der Waals surface area contributed by atoms with Crippen LogP contribution in [-0.4, -0.2) is 21.8 Å². The molecule has 3 rings (SSSR count). The molecule has 2 N–H and O–H groups in total. The van der Waals surface area contributed by atoms with Crippen LogP contribution in [0.3, 0.4) is 0 Å². The van der Waals surface area contributed by atoms with Crippen LogP contribution in [0.15, 0.2) is 58.7 Å². The number of aliphatic hydroxyl groups is 1. The SMILES string of the molecule is O=[N+]([O-])C1=C2NON=C2C(Oc2ccccc2)=CC1O. The summed E-state index contributed by atoms with van der Waals surface area (Å²) in [5.41, 5.74) is 2.00. The number of nitro groups is 1. The van der Waals surface area contributed by atoms with E-state index in [2.05, 4.69) is 15.6 Å². The largest absolute Gasteiger partial charge is 0.455 e. The molecule has 8 nitrogen and oxygen atoms in total. The van der Waals surface area contributed by atoms with Gasteiger partial charge in [0.15, 0.2) is 23.3 Å². The molecule has 1 aromatic carbocycles. The molecule has 20 heavy (non-hydrogen) atoms. The van der Waals surface area contributed by atoms with Gasteiger partial charge in [0.2, 0.25) is 0 Å². The summed E-state index contributed by atoms with van der Waals surface area (Å²) < 4.78 is 5.56. The molecule has 1 heterocycles. The second-order valence-electron chi connectivity index (χ2n) is 4.04. The summed E-state index contributed by atoms with van der Waals surface area (Å²) in [6.07, 6.45) is -0.198. The maximum absolute atomic E-state index is 10.9. The van der Waals surface area contributed by atoms with E-state index in [1.807, 2.05) is 6.07 Å². The van der Waals surface area contributed by atoms with Crippen LogP contribution in [0.25, 0.3) is 0 Å². The molecule has 0 fully saturated rings. The number of nitrogens with one attached hydrogen (secondary N) is 1. The number of oxime groups is 1. The minimum atomic E-state index is -1.41. The van der Waals surface area contributed by atoms with E-state index in [9.17, 15) is 15.2 Å². The Morgan fingerprint density at radius 3 is 2.85 bits per heavy atom. The second kappa shape index (κ2) is 4.67. The van der Waals surface area contributed by atoms with Gasteiger partial charge in [0.05, 0.1) is 4.92 Å². The number of ether oxygens (including phenoxy) is 1. The van der Waals surface area contributed by atoms with Crippen molar-refractivity contribution in [3.63, 3.8) is 0 Å². The molecule has 1 unspecified atom stereocenters. The molecular formula is C12H9N3O5. The molecule has 0 bridgehead atoms. The highest BCUT2D eigenvalue weighted by Gasteiger charge is 2.40. The van der Waals surface area contributed by atoms with Gasteiger partial charge in [0.1, 0.15) is 5.75 Å². The van der Waals surface area contributed by atoms with Gasteiger partial charge in [-0.3, -0.25) is 15.1 Å². The number of nitrogens with zero attached hydrogens (tertiary/aromatic N) is 2. The first kappa shape index (κ1) is 12.2. The zero-order valence-corrected chi connectivity index (χ0v) is 10.0. The summed E-state index contributed by atoms with van der Waals surface area (Å²) in [6.45, 7) is 0. The standard InChI is InChI=1S/C12H9N3O5/c16-8-6-9(19-7-4-2-1-3-5-7)10-11(14-20-13-10)12(8)15(17)18/h1-6,8,14,16H. The fraction of sp³-hybridized carbons (Fsp3) is 0.0833. The van der Waals surface area contributed by atoms with E-state index in [1.165, 1.54) is 6.08 Å². The fourth-order valence-electron chi connectivity index (χ4n) is 1.90. The molecule has 0 aromatic heterocycles. The highest BCUT2D eigenvalue weighted by atomic mass is 16.8. The maximum atomic E-state index is 10.9. The van der Waals surface area contributed by atoms with Crippen molar-refractivity contribution in [3.8, 4) is 5.75 Å². The van der Waals surface area contributed by atoms with Crippen LogP contribution < -0.4 is 10.2 Å². The van der Waals surface area contributed by atoms with Crippen molar-refractivity contribution >= 4 is 5.71 Å². The van der Waals surface area contributed by atoms with E-state index in [4.69, 9.17) is 4.74 Å². The van der Waals surface area contributed by atoms with Crippen LogP contribution in [-0.2, 0) is 4.94 Å². The van der Waals surface area contributed by atoms with E-state index in [0.29, 0.717) is 5.75 Å². The Labute approximate surface area is 112 Å². The van der Waals surface area contributed by atoms with Crippen LogP contribution in [0.1, 0.15) is 0 Å². The van der Waals surface area contributed by atoms with Gasteiger partial charge in [-0.1, -0.05) is 18.2 Å². The average molecular weight is 275 g/mol. The average Bonchev–Trinajstić information content (AvgIpc) is 2.88. The maximum Gasteiger partial charge on any atom is 0.307 e. The van der Waals surface area contributed by atoms with Crippen LogP contribution in [0.2, 0.25) is 0 Å². The first-order chi connectivity index (χ1) is 9.66. The molecule has 1 aromatic rings. The molecule has 0 spiro atoms. The van der Waals surface area contributed by atoms with Crippen molar-refractivity contribution in [3.05, 3.63) is 63.7 Å². The summed E-state index contributed by atoms with van der Waals surface area (Å²) in [7, 11) is 0. The van der Waals surface area contributed by atoms with Crippen LogP contribution >= 0.6 is 0 Å². The van der Waals surface area contributed by atoms with Crippen LogP contribution in [0, 0.1) is 10.1 Å². The third-order valence-electron chi connectivity index (χ3n) is 2.77. The predicted octanol–water partition coefficient (Wildman–Crippen LogP) is 0.703. The monoisotopic (exact) mass is 275 g/mol. The van der Waals surface area contributed by atoms with E-state index in [-0.39, 0.29) is 17.2 Å². The fourth-order valence-corrected chi connectivity index (χ4v) is 1.90. The summed E-state index contributed by atoms with van der Waals surface area (Å²) in [4.78, 5) is 14.9. The minimum absolute atomic E-state index is 0.00377. The highest BCUT2D eigenvalue weighted by Crippen LogP contribution is 2.27. The summed E-state index contributed by atoms with van der Waals surface area (Å²) in [5, 5.41) is 24.4. The molecule has 1 atom stereocenters. The van der Waals surface area contributed by atoms with Gasteiger partial charge in [-0.15, -0.1) is 0 Å². The van der Waals surface area contributed by atoms with Gasteiger partial charge in [0, 0.05) is 6.08 Å². The molecule has 0 saturated carbocycles. The van der Waals surface area contributed by atoms with Gasteiger partial charge in [-0.25, -0.2) is 0 Å². The van der Waals surface area contributed by atoms with Crippen molar-refractivity contribution in [2.24, 2.45) is 5.16 Å². The molecule has 102 valence electrons. The number of hydrogen-bond donors (Lipinski definition) is 2. The molecule has 8 heteroatoms. The van der Waals surface area contributed by atoms with E-state index < -0.39 is 16.7 Å². The number of rotatable bonds is 3. The molecule has 0 radical (unpaired) electrons. The predicted molar refractivity (Wildman–Crippen MR) is 66.8 cm³/mol. The summed E-state index contributed by atoms with van der Waals surface area (Å²) in [6, 6.07) is 8.80. The van der Waals surface area contributed by atoms with E-state index >= 15 is 0 Å². The molecule has 1 aliphatic carbocycles. The lowest BCUT2D eigenvalue weighted by atomic mass is 10.0. The number of hydroxylamine groups is 1. The van der Waals surface area contributed by atoms with Gasteiger partial charge < -0.3 is 9.84 Å². The quantitative estimate of drug-likeness (QED) is 0.621. The van der Waals surface area contributed by atoms with Gasteiger partial charge in [-0.05, 0) is 17.3 Å². The third-order valence-corrected chi connectivity index (χ3v) is 2.77. The van der Waals surface area contributed by atoms with Gasteiger partial charge in [0.25, 0.3) is 0 Å². The van der Waals surface area contributed by atoms with E-state index in [1.54, 1.807) is 24.3 Å². The lowest BCUT2D eigenvalue weighted by Gasteiger charge is -2.16. The minimum Gasteiger partial charge on any atom is -0.455 e. The van der Waals surface area contributed by atoms with Crippen molar-refractivity contribution in [1.29, 1.82) is 0 Å². The molecular weight excluding hydrogens is 266 g/mol. The van der Waals surface area contributed by atoms with Gasteiger partial charge >= 0.3 is 5.70 Å². The van der Waals surface area contributed by atoms with Crippen molar-refractivity contribution in [1.82, 2.24) is 5.48 Å². The summed E-state index contributed by atoms with van der Waals surface area (Å²) >= 11 is 0. The number of fused-ring (bicyclic) bond motifs is 1. The first-order valence-corrected chi connectivity index (χ1v) is 5.69.